The molecular formula is C15H21NO5. The van der Waals surface area contributed by atoms with E-state index in [4.69, 9.17) is 19.3 Å². The average Bonchev–Trinajstić information content (AvgIpc) is 2.99. The highest BCUT2D eigenvalue weighted by molar-refractivity contribution is 5.77. The highest BCUT2D eigenvalue weighted by atomic mass is 16.6. The van der Waals surface area contributed by atoms with E-state index in [0.717, 1.165) is 0 Å². The van der Waals surface area contributed by atoms with Crippen LogP contribution in [-0.4, -0.2) is 56.2 Å². The van der Waals surface area contributed by atoms with E-state index in [0.29, 0.717) is 31.9 Å². The van der Waals surface area contributed by atoms with Crippen molar-refractivity contribution in [1.82, 2.24) is 5.32 Å². The first-order chi connectivity index (χ1) is 10.2. The minimum atomic E-state index is -0.537. The van der Waals surface area contributed by atoms with Crippen LogP contribution in [0.3, 0.4) is 0 Å². The summed E-state index contributed by atoms with van der Waals surface area (Å²) in [6, 6.07) is 9.17. The molecule has 2 rings (SSSR count). The number of benzene rings is 1. The molecule has 1 unspecified atom stereocenters. The van der Waals surface area contributed by atoms with Crippen LogP contribution >= 0.6 is 0 Å². The van der Waals surface area contributed by atoms with Gasteiger partial charge >= 0.3 is 0 Å². The Hall–Kier alpha value is -1.63. The van der Waals surface area contributed by atoms with Gasteiger partial charge in [0, 0.05) is 19.6 Å². The molecule has 1 amide bonds. The number of ether oxygens (including phenoxy) is 3. The average molecular weight is 295 g/mol. The zero-order chi connectivity index (χ0) is 15.0. The fourth-order valence-corrected chi connectivity index (χ4v) is 2.13. The molecule has 1 aromatic carbocycles. The molecule has 1 saturated heterocycles. The zero-order valence-electron chi connectivity index (χ0n) is 11.9. The highest BCUT2D eigenvalue weighted by Gasteiger charge is 2.36. The number of aliphatic hydroxyl groups excluding tert-OH is 1. The number of nitrogens with one attached hydrogen (secondary N) is 1. The van der Waals surface area contributed by atoms with Gasteiger partial charge in [0.05, 0.1) is 19.8 Å². The Labute approximate surface area is 124 Å². The summed E-state index contributed by atoms with van der Waals surface area (Å²) in [4.78, 5) is 11.8. The number of hydrogen-bond donors (Lipinski definition) is 2. The maximum atomic E-state index is 11.8. The van der Waals surface area contributed by atoms with E-state index in [1.807, 2.05) is 18.2 Å². The van der Waals surface area contributed by atoms with Crippen LogP contribution in [0.1, 0.15) is 6.42 Å². The lowest BCUT2D eigenvalue weighted by atomic mass is 10.0. The summed E-state index contributed by atoms with van der Waals surface area (Å²) in [5.74, 6) is 0.445. The summed E-state index contributed by atoms with van der Waals surface area (Å²) in [6.45, 7) is 1.52. The second kappa shape index (κ2) is 7.97. The van der Waals surface area contributed by atoms with Crippen molar-refractivity contribution in [2.75, 3.05) is 39.6 Å². The van der Waals surface area contributed by atoms with Gasteiger partial charge in [-0.3, -0.25) is 4.79 Å². The second-order valence-electron chi connectivity index (χ2n) is 4.94. The third kappa shape index (κ3) is 5.00. The number of para-hydroxylation sites is 1. The third-order valence-corrected chi connectivity index (χ3v) is 3.29. The Balaban J connectivity index is 1.74. The lowest BCUT2D eigenvalue weighted by Gasteiger charge is -2.27. The van der Waals surface area contributed by atoms with Gasteiger partial charge in [-0.05, 0) is 12.1 Å². The van der Waals surface area contributed by atoms with Crippen LogP contribution in [0.25, 0.3) is 0 Å². The Bertz CT molecular complexity index is 431. The molecule has 1 heterocycles. The molecule has 1 fully saturated rings. The maximum Gasteiger partial charge on any atom is 0.258 e. The number of carbonyl (C=O) groups is 1. The summed E-state index contributed by atoms with van der Waals surface area (Å²) < 4.78 is 16.3. The normalized spacial score (nSPS) is 21.2. The molecule has 0 radical (unpaired) electrons. The molecule has 1 aliphatic heterocycles. The number of rotatable bonds is 8. The van der Waals surface area contributed by atoms with Gasteiger partial charge in [0.15, 0.2) is 6.61 Å². The van der Waals surface area contributed by atoms with Crippen LogP contribution in [0, 0.1) is 0 Å². The molecule has 0 aromatic heterocycles. The van der Waals surface area contributed by atoms with Gasteiger partial charge in [-0.1, -0.05) is 18.2 Å². The minimum absolute atomic E-state index is 0.0407. The number of hydrogen-bond acceptors (Lipinski definition) is 5. The summed E-state index contributed by atoms with van der Waals surface area (Å²) in [6.07, 6.45) is 0.701. The largest absolute Gasteiger partial charge is 0.484 e. The summed E-state index contributed by atoms with van der Waals surface area (Å²) in [5, 5.41) is 11.6. The van der Waals surface area contributed by atoms with Crippen LogP contribution in [0.2, 0.25) is 0 Å². The molecular weight excluding hydrogens is 274 g/mol. The van der Waals surface area contributed by atoms with E-state index in [-0.39, 0.29) is 25.7 Å². The van der Waals surface area contributed by atoms with Gasteiger partial charge in [0.25, 0.3) is 5.91 Å². The van der Waals surface area contributed by atoms with Gasteiger partial charge in [-0.15, -0.1) is 0 Å². The first kappa shape index (κ1) is 15.8. The lowest BCUT2D eigenvalue weighted by Crippen LogP contribution is -2.47. The summed E-state index contributed by atoms with van der Waals surface area (Å²) in [7, 11) is 0. The molecule has 0 bridgehead atoms. The van der Waals surface area contributed by atoms with Crippen LogP contribution in [0.5, 0.6) is 5.75 Å². The van der Waals surface area contributed by atoms with Crippen molar-refractivity contribution in [3.63, 3.8) is 0 Å². The molecule has 2 N–H and O–H groups in total. The van der Waals surface area contributed by atoms with Crippen LogP contribution < -0.4 is 10.1 Å². The molecule has 116 valence electrons. The van der Waals surface area contributed by atoms with Crippen molar-refractivity contribution < 1.29 is 24.1 Å². The standard InChI is InChI=1S/C15H21NO5/c17-7-9-21-15(6-8-19-12-15)11-16-14(18)10-20-13-4-2-1-3-5-13/h1-5,17H,6-12H2,(H,16,18). The van der Waals surface area contributed by atoms with E-state index < -0.39 is 5.60 Å². The highest BCUT2D eigenvalue weighted by Crippen LogP contribution is 2.22. The monoisotopic (exact) mass is 295 g/mol. The van der Waals surface area contributed by atoms with Crippen molar-refractivity contribution in [3.8, 4) is 5.75 Å². The minimum Gasteiger partial charge on any atom is -0.484 e. The molecule has 1 aliphatic rings. The van der Waals surface area contributed by atoms with E-state index in [1.165, 1.54) is 0 Å². The molecule has 0 aliphatic carbocycles. The predicted octanol–water partition coefficient (Wildman–Crippen LogP) is 0.350. The third-order valence-electron chi connectivity index (χ3n) is 3.29. The Kier molecular flexibility index (Phi) is 5.98. The number of carbonyl (C=O) groups excluding carboxylic acids is 1. The Morgan fingerprint density at radius 1 is 1.38 bits per heavy atom. The fourth-order valence-electron chi connectivity index (χ4n) is 2.13. The second-order valence-corrected chi connectivity index (χ2v) is 4.94. The number of aliphatic hydroxyl groups is 1. The molecule has 0 spiro atoms. The molecule has 21 heavy (non-hydrogen) atoms. The first-order valence-electron chi connectivity index (χ1n) is 7.01. The molecule has 6 nitrogen and oxygen atoms in total. The smallest absolute Gasteiger partial charge is 0.258 e. The summed E-state index contributed by atoms with van der Waals surface area (Å²) in [5.41, 5.74) is -0.537. The Morgan fingerprint density at radius 2 is 2.19 bits per heavy atom. The summed E-state index contributed by atoms with van der Waals surface area (Å²) >= 11 is 0. The topological polar surface area (TPSA) is 77.0 Å². The van der Waals surface area contributed by atoms with Gasteiger partial charge in [0.1, 0.15) is 11.4 Å². The van der Waals surface area contributed by atoms with Gasteiger partial charge < -0.3 is 24.6 Å². The van der Waals surface area contributed by atoms with E-state index in [1.54, 1.807) is 12.1 Å². The van der Waals surface area contributed by atoms with Crippen LogP contribution in [0.15, 0.2) is 30.3 Å². The first-order valence-corrected chi connectivity index (χ1v) is 7.01. The Morgan fingerprint density at radius 3 is 2.86 bits per heavy atom. The lowest BCUT2D eigenvalue weighted by molar-refractivity contribution is -0.125. The maximum absolute atomic E-state index is 11.8. The van der Waals surface area contributed by atoms with Crippen molar-refractivity contribution in [1.29, 1.82) is 0 Å². The fraction of sp³-hybridized carbons (Fsp3) is 0.533. The quantitative estimate of drug-likeness (QED) is 0.723. The van der Waals surface area contributed by atoms with Gasteiger partial charge in [0.2, 0.25) is 0 Å². The van der Waals surface area contributed by atoms with Crippen molar-refractivity contribution in [2.45, 2.75) is 12.0 Å². The zero-order valence-corrected chi connectivity index (χ0v) is 11.9. The SMILES string of the molecule is O=C(COc1ccccc1)NCC1(OCCO)CCOC1. The van der Waals surface area contributed by atoms with E-state index in [9.17, 15) is 4.79 Å². The van der Waals surface area contributed by atoms with Crippen LogP contribution in [0.4, 0.5) is 0 Å². The molecule has 6 heteroatoms. The van der Waals surface area contributed by atoms with E-state index >= 15 is 0 Å². The van der Waals surface area contributed by atoms with E-state index in [2.05, 4.69) is 5.32 Å². The molecule has 0 saturated carbocycles. The van der Waals surface area contributed by atoms with Gasteiger partial charge in [-0.2, -0.15) is 0 Å². The van der Waals surface area contributed by atoms with Crippen LogP contribution in [-0.2, 0) is 14.3 Å². The number of amides is 1. The van der Waals surface area contributed by atoms with Crippen molar-refractivity contribution >= 4 is 5.91 Å². The van der Waals surface area contributed by atoms with Crippen molar-refractivity contribution in [2.24, 2.45) is 0 Å². The molecule has 1 atom stereocenters. The van der Waals surface area contributed by atoms with Gasteiger partial charge in [-0.25, -0.2) is 0 Å². The van der Waals surface area contributed by atoms with Crippen molar-refractivity contribution in [3.05, 3.63) is 30.3 Å². The predicted molar refractivity (Wildman–Crippen MR) is 76.2 cm³/mol. The molecule has 1 aromatic rings.